The summed E-state index contributed by atoms with van der Waals surface area (Å²) >= 11 is 0. The maximum Gasteiger partial charge on any atom is 0.153 e. The Morgan fingerprint density at radius 2 is 1.31 bits per heavy atom. The van der Waals surface area contributed by atoms with Gasteiger partial charge in [-0.25, -0.2) is 9.97 Å². The van der Waals surface area contributed by atoms with Crippen LogP contribution in [0.1, 0.15) is 37.5 Å². The van der Waals surface area contributed by atoms with Crippen LogP contribution in [-0.4, -0.2) is 32.8 Å². The maximum absolute atomic E-state index is 6.84. The van der Waals surface area contributed by atoms with Gasteiger partial charge in [-0.2, -0.15) is 0 Å². The number of hydrogen-bond acceptors (Lipinski definition) is 5. The molecule has 5 aromatic carbocycles. The summed E-state index contributed by atoms with van der Waals surface area (Å²) in [5, 5.41) is 4.83. The fraction of sp³-hybridized carbons (Fsp3) is 0.167. The fourth-order valence-corrected chi connectivity index (χ4v) is 8.48. The predicted octanol–water partition coefficient (Wildman–Crippen LogP) is 11.9. The number of nitrogens with zero attached hydrogens (tertiary/aromatic N) is 6. The minimum Gasteiger partial charge on any atom is -0.457 e. The molecule has 0 radical (unpaired) electrons. The number of anilines is 3. The normalized spacial score (nSPS) is 13.1. The van der Waals surface area contributed by atoms with Crippen LogP contribution in [0.25, 0.3) is 55.1 Å². The molecule has 0 unspecified atom stereocenters. The van der Waals surface area contributed by atoms with Gasteiger partial charge in [0.05, 0.1) is 40.1 Å². The molecule has 5 heterocycles. The summed E-state index contributed by atoms with van der Waals surface area (Å²) < 4.78 is 11.5. The summed E-state index contributed by atoms with van der Waals surface area (Å²) in [4.78, 5) is 14.2. The third-order valence-electron chi connectivity index (χ3n) is 11.2. The van der Waals surface area contributed by atoms with Crippen molar-refractivity contribution < 1.29 is 4.74 Å². The fourth-order valence-electron chi connectivity index (χ4n) is 8.48. The second-order valence-corrected chi connectivity index (χ2v) is 15.9. The van der Waals surface area contributed by atoms with E-state index in [1.54, 1.807) is 0 Å². The van der Waals surface area contributed by atoms with Crippen molar-refractivity contribution in [1.29, 1.82) is 0 Å². The molecule has 0 bridgehead atoms. The number of aryl methyl sites for hydroxylation is 2. The van der Waals surface area contributed by atoms with Gasteiger partial charge in [-0.05, 0) is 84.5 Å². The van der Waals surface area contributed by atoms with Crippen LogP contribution >= 0.6 is 0 Å². The Bertz CT molecular complexity index is 2920. The molecule has 7 nitrogen and oxygen atoms in total. The zero-order chi connectivity index (χ0) is 37.6. The first kappa shape index (κ1) is 33.0. The van der Waals surface area contributed by atoms with E-state index in [4.69, 9.17) is 9.72 Å². The Labute approximate surface area is 320 Å². The van der Waals surface area contributed by atoms with Gasteiger partial charge in [-0.1, -0.05) is 75.4 Å². The Hall–Kier alpha value is -6.60. The summed E-state index contributed by atoms with van der Waals surface area (Å²) in [6, 6.07) is 43.2. The summed E-state index contributed by atoms with van der Waals surface area (Å²) in [5.41, 5.74) is 11.4. The van der Waals surface area contributed by atoms with Gasteiger partial charge < -0.3 is 19.1 Å². The van der Waals surface area contributed by atoms with E-state index in [0.717, 1.165) is 56.6 Å². The highest BCUT2D eigenvalue weighted by Crippen LogP contribution is 2.43. The molecule has 4 aromatic heterocycles. The Kier molecular flexibility index (Phi) is 7.33. The summed E-state index contributed by atoms with van der Waals surface area (Å²) in [5.74, 6) is 3.38. The molecule has 0 N–H and O–H groups in total. The molecule has 270 valence electrons. The summed E-state index contributed by atoms with van der Waals surface area (Å²) in [6.45, 7) is 11.8. The molecule has 0 aliphatic carbocycles. The number of hydrogen-bond donors (Lipinski definition) is 0. The molecule has 0 spiro atoms. The SMILES string of the molecule is Cc1cccc2c3cccc(C)c3n(-c3ccnc(-n4c5ccccc5c5ccc(Oc6cc(N7CN(C)c8ncccc87)cc(C(C)(C)C)c6)cc54)c3)c12. The van der Waals surface area contributed by atoms with Crippen molar-refractivity contribution in [2.75, 3.05) is 23.5 Å². The lowest BCUT2D eigenvalue weighted by atomic mass is 9.86. The Morgan fingerprint density at radius 1 is 0.582 bits per heavy atom. The van der Waals surface area contributed by atoms with E-state index in [0.29, 0.717) is 6.67 Å². The van der Waals surface area contributed by atoms with E-state index in [1.165, 1.54) is 43.9 Å². The molecule has 55 heavy (non-hydrogen) atoms. The Morgan fingerprint density at radius 3 is 2.07 bits per heavy atom. The number of ether oxygens (including phenoxy) is 1. The van der Waals surface area contributed by atoms with Crippen LogP contribution in [0.15, 0.2) is 134 Å². The second-order valence-electron chi connectivity index (χ2n) is 15.9. The molecule has 0 fully saturated rings. The molecule has 1 aliphatic rings. The molecule has 0 atom stereocenters. The third kappa shape index (κ3) is 5.25. The lowest BCUT2D eigenvalue weighted by molar-refractivity contribution is 0.479. The van der Waals surface area contributed by atoms with Gasteiger partial charge in [0.15, 0.2) is 5.82 Å². The highest BCUT2D eigenvalue weighted by atomic mass is 16.5. The lowest BCUT2D eigenvalue weighted by Crippen LogP contribution is -2.24. The largest absolute Gasteiger partial charge is 0.457 e. The number of fused-ring (bicyclic) bond motifs is 7. The smallest absolute Gasteiger partial charge is 0.153 e. The van der Waals surface area contributed by atoms with Crippen LogP contribution in [-0.2, 0) is 5.41 Å². The van der Waals surface area contributed by atoms with Crippen LogP contribution < -0.4 is 14.5 Å². The van der Waals surface area contributed by atoms with Crippen molar-refractivity contribution in [1.82, 2.24) is 19.1 Å². The van der Waals surface area contributed by atoms with E-state index in [-0.39, 0.29) is 5.41 Å². The predicted molar refractivity (Wildman–Crippen MR) is 227 cm³/mol. The molecule has 10 rings (SSSR count). The van der Waals surface area contributed by atoms with E-state index in [9.17, 15) is 0 Å². The van der Waals surface area contributed by atoms with Crippen LogP contribution in [0.5, 0.6) is 11.5 Å². The minimum atomic E-state index is -0.0853. The van der Waals surface area contributed by atoms with Gasteiger partial charge >= 0.3 is 0 Å². The molecule has 7 heteroatoms. The number of aromatic nitrogens is 4. The van der Waals surface area contributed by atoms with Crippen LogP contribution in [0, 0.1) is 13.8 Å². The Balaban J connectivity index is 1.12. The quantitative estimate of drug-likeness (QED) is 0.177. The molecule has 1 aliphatic heterocycles. The van der Waals surface area contributed by atoms with Crippen LogP contribution in [0.4, 0.5) is 17.2 Å². The zero-order valence-electron chi connectivity index (χ0n) is 32.0. The number of rotatable bonds is 5. The number of benzene rings is 5. The van der Waals surface area contributed by atoms with Gasteiger partial charge in [-0.3, -0.25) is 4.57 Å². The molecule has 0 saturated carbocycles. The molecular formula is C48H42N6O. The zero-order valence-corrected chi connectivity index (χ0v) is 32.0. The van der Waals surface area contributed by atoms with Crippen LogP contribution in [0.2, 0.25) is 0 Å². The molecular weight excluding hydrogens is 677 g/mol. The van der Waals surface area contributed by atoms with E-state index in [1.807, 2.05) is 18.5 Å². The number of pyridine rings is 2. The first-order valence-electron chi connectivity index (χ1n) is 18.9. The first-order chi connectivity index (χ1) is 26.6. The number of para-hydroxylation sites is 3. The maximum atomic E-state index is 6.84. The average molecular weight is 719 g/mol. The summed E-state index contributed by atoms with van der Waals surface area (Å²) in [7, 11) is 2.08. The topological polar surface area (TPSA) is 51.4 Å². The highest BCUT2D eigenvalue weighted by molar-refractivity contribution is 6.12. The minimum absolute atomic E-state index is 0.0853. The van der Waals surface area contributed by atoms with Gasteiger partial charge in [0.25, 0.3) is 0 Å². The van der Waals surface area contributed by atoms with E-state index < -0.39 is 0 Å². The first-order valence-corrected chi connectivity index (χ1v) is 18.9. The van der Waals surface area contributed by atoms with Gasteiger partial charge in [0.2, 0.25) is 0 Å². The van der Waals surface area contributed by atoms with Crippen molar-refractivity contribution in [2.24, 2.45) is 0 Å². The third-order valence-corrected chi connectivity index (χ3v) is 11.2. The highest BCUT2D eigenvalue weighted by Gasteiger charge is 2.27. The van der Waals surface area contributed by atoms with Crippen LogP contribution in [0.3, 0.4) is 0 Å². The molecule has 9 aromatic rings. The summed E-state index contributed by atoms with van der Waals surface area (Å²) in [6.07, 6.45) is 3.79. The van der Waals surface area contributed by atoms with Crippen molar-refractivity contribution in [3.05, 3.63) is 150 Å². The standard InChI is InChI=1S/C48H42N6O/c1-30-12-9-15-39-40-16-10-13-31(2)46(40)53(45(30)39)33-21-23-49-44(27-33)54-41-17-8-7-14-37(41)38-20-19-35(28-43(38)54)55-36-25-32(48(3,4)5)24-34(26-36)52-29-51(6)47-42(52)18-11-22-50-47/h7-28H,29H2,1-6H3. The molecule has 0 saturated heterocycles. The monoisotopic (exact) mass is 718 g/mol. The lowest BCUT2D eigenvalue weighted by Gasteiger charge is -2.25. The molecule has 0 amide bonds. The van der Waals surface area contributed by atoms with E-state index >= 15 is 0 Å². The average Bonchev–Trinajstić information content (AvgIpc) is 3.83. The van der Waals surface area contributed by atoms with E-state index in [2.05, 4.69) is 181 Å². The second kappa shape index (κ2) is 12.2. The van der Waals surface area contributed by atoms with Gasteiger partial charge in [0, 0.05) is 64.9 Å². The van der Waals surface area contributed by atoms with Crippen molar-refractivity contribution in [2.45, 2.75) is 40.0 Å². The van der Waals surface area contributed by atoms with Crippen molar-refractivity contribution in [3.63, 3.8) is 0 Å². The van der Waals surface area contributed by atoms with Gasteiger partial charge in [-0.15, -0.1) is 0 Å². The van der Waals surface area contributed by atoms with Crippen molar-refractivity contribution in [3.8, 4) is 23.0 Å². The van der Waals surface area contributed by atoms with Gasteiger partial charge in [0.1, 0.15) is 17.3 Å². The van der Waals surface area contributed by atoms with Crippen molar-refractivity contribution >= 4 is 60.8 Å².